The summed E-state index contributed by atoms with van der Waals surface area (Å²) in [7, 11) is 0. The highest BCUT2D eigenvalue weighted by atomic mass is 15.2. The van der Waals surface area contributed by atoms with Crippen LogP contribution in [0.4, 0.5) is 5.82 Å². The summed E-state index contributed by atoms with van der Waals surface area (Å²) < 4.78 is 0. The van der Waals surface area contributed by atoms with E-state index >= 15 is 0 Å². The van der Waals surface area contributed by atoms with Crippen LogP contribution in [0.2, 0.25) is 0 Å². The Morgan fingerprint density at radius 1 is 1.30 bits per heavy atom. The molecule has 1 aliphatic heterocycles. The van der Waals surface area contributed by atoms with Gasteiger partial charge in [0.2, 0.25) is 0 Å². The Bertz CT molecular complexity index is 436. The molecule has 0 amide bonds. The van der Waals surface area contributed by atoms with Gasteiger partial charge >= 0.3 is 0 Å². The lowest BCUT2D eigenvalue weighted by Gasteiger charge is -2.38. The number of nitrogens with zero attached hydrogens (tertiary/aromatic N) is 2. The molecule has 1 saturated heterocycles. The van der Waals surface area contributed by atoms with Crippen LogP contribution in [0.1, 0.15) is 53.0 Å². The van der Waals surface area contributed by atoms with Gasteiger partial charge in [0.25, 0.3) is 0 Å². The van der Waals surface area contributed by atoms with Crippen LogP contribution in [0.3, 0.4) is 0 Å². The van der Waals surface area contributed by atoms with Gasteiger partial charge in [-0.3, -0.25) is 0 Å². The van der Waals surface area contributed by atoms with Crippen molar-refractivity contribution in [2.45, 2.75) is 65.6 Å². The largest absolute Gasteiger partial charge is 0.353 e. The van der Waals surface area contributed by atoms with Crippen LogP contribution in [0, 0.1) is 5.92 Å². The maximum absolute atomic E-state index is 4.67. The van der Waals surface area contributed by atoms with Crippen molar-refractivity contribution in [2.75, 3.05) is 11.4 Å². The average Bonchev–Trinajstić information content (AvgIpc) is 2.39. The van der Waals surface area contributed by atoms with Gasteiger partial charge in [0.15, 0.2) is 0 Å². The zero-order valence-electron chi connectivity index (χ0n) is 13.6. The quantitative estimate of drug-likeness (QED) is 0.913. The topological polar surface area (TPSA) is 28.2 Å². The highest BCUT2D eigenvalue weighted by molar-refractivity contribution is 5.48. The monoisotopic (exact) mass is 275 g/mol. The van der Waals surface area contributed by atoms with E-state index in [4.69, 9.17) is 0 Å². The summed E-state index contributed by atoms with van der Waals surface area (Å²) in [5, 5.41) is 3.58. The Hall–Kier alpha value is -1.09. The first kappa shape index (κ1) is 15.3. The predicted octanol–water partition coefficient (Wildman–Crippen LogP) is 3.59. The Morgan fingerprint density at radius 3 is 2.75 bits per heavy atom. The second-order valence-electron chi connectivity index (χ2n) is 7.27. The Morgan fingerprint density at radius 2 is 2.05 bits per heavy atom. The van der Waals surface area contributed by atoms with Crippen LogP contribution >= 0.6 is 0 Å². The maximum Gasteiger partial charge on any atom is 0.133 e. The third-order valence-corrected chi connectivity index (χ3v) is 4.07. The predicted molar refractivity (Wildman–Crippen MR) is 86.0 cm³/mol. The minimum Gasteiger partial charge on any atom is -0.353 e. The van der Waals surface area contributed by atoms with E-state index in [0.717, 1.165) is 19.0 Å². The smallest absolute Gasteiger partial charge is 0.133 e. The molecular formula is C17H29N3. The summed E-state index contributed by atoms with van der Waals surface area (Å²) in [5.74, 6) is 1.93. The van der Waals surface area contributed by atoms with Gasteiger partial charge < -0.3 is 10.2 Å². The molecule has 0 aromatic carbocycles. The zero-order chi connectivity index (χ0) is 14.8. The van der Waals surface area contributed by atoms with E-state index in [2.05, 4.69) is 55.9 Å². The van der Waals surface area contributed by atoms with Crippen LogP contribution in [-0.4, -0.2) is 23.1 Å². The lowest BCUT2D eigenvalue weighted by atomic mass is 9.94. The van der Waals surface area contributed by atoms with Crippen LogP contribution in [0.5, 0.6) is 0 Å². The third-order valence-electron chi connectivity index (χ3n) is 4.07. The summed E-state index contributed by atoms with van der Waals surface area (Å²) in [6.07, 6.45) is 4.52. The molecule has 2 atom stereocenters. The van der Waals surface area contributed by atoms with Crippen LogP contribution < -0.4 is 10.2 Å². The molecule has 0 saturated carbocycles. The molecule has 1 aliphatic rings. The van der Waals surface area contributed by atoms with E-state index in [1.54, 1.807) is 0 Å². The van der Waals surface area contributed by atoms with Gasteiger partial charge in [-0.2, -0.15) is 0 Å². The van der Waals surface area contributed by atoms with Crippen molar-refractivity contribution in [1.29, 1.82) is 0 Å². The van der Waals surface area contributed by atoms with E-state index in [9.17, 15) is 0 Å². The second kappa shape index (κ2) is 6.13. The van der Waals surface area contributed by atoms with E-state index in [1.807, 2.05) is 12.3 Å². The van der Waals surface area contributed by atoms with Crippen molar-refractivity contribution in [3.63, 3.8) is 0 Å². The molecule has 1 aromatic heterocycles. The molecule has 3 nitrogen and oxygen atoms in total. The van der Waals surface area contributed by atoms with Crippen molar-refractivity contribution in [1.82, 2.24) is 10.3 Å². The lowest BCUT2D eigenvalue weighted by molar-refractivity contribution is 0.385. The molecule has 0 radical (unpaired) electrons. The fourth-order valence-electron chi connectivity index (χ4n) is 2.77. The number of hydrogen-bond acceptors (Lipinski definition) is 3. The third kappa shape index (κ3) is 3.95. The van der Waals surface area contributed by atoms with Crippen molar-refractivity contribution in [2.24, 2.45) is 5.92 Å². The number of nitrogens with one attached hydrogen (secondary N) is 1. The summed E-state index contributed by atoms with van der Waals surface area (Å²) >= 11 is 0. The van der Waals surface area contributed by atoms with E-state index < -0.39 is 0 Å². The van der Waals surface area contributed by atoms with E-state index in [-0.39, 0.29) is 5.54 Å². The Kier molecular flexibility index (Phi) is 4.69. The molecule has 1 N–H and O–H groups in total. The number of rotatable bonds is 3. The van der Waals surface area contributed by atoms with Gasteiger partial charge in [-0.25, -0.2) is 4.98 Å². The van der Waals surface area contributed by atoms with Gasteiger partial charge in [-0.1, -0.05) is 13.0 Å². The van der Waals surface area contributed by atoms with Crippen LogP contribution in [0.15, 0.2) is 18.3 Å². The van der Waals surface area contributed by atoms with Crippen molar-refractivity contribution >= 4 is 5.82 Å². The number of pyridine rings is 1. The van der Waals surface area contributed by atoms with Crippen LogP contribution in [0.25, 0.3) is 0 Å². The molecule has 0 aliphatic carbocycles. The minimum absolute atomic E-state index is 0.133. The summed E-state index contributed by atoms with van der Waals surface area (Å²) in [5.41, 5.74) is 1.44. The Labute approximate surface area is 123 Å². The normalized spacial score (nSPS) is 23.9. The fourth-order valence-corrected chi connectivity index (χ4v) is 2.77. The molecule has 20 heavy (non-hydrogen) atoms. The van der Waals surface area contributed by atoms with Gasteiger partial charge in [0, 0.05) is 36.4 Å². The van der Waals surface area contributed by atoms with Crippen LogP contribution in [-0.2, 0) is 6.54 Å². The molecule has 2 heterocycles. The van der Waals surface area contributed by atoms with Gasteiger partial charge in [-0.15, -0.1) is 0 Å². The molecule has 1 fully saturated rings. The number of anilines is 1. The summed E-state index contributed by atoms with van der Waals surface area (Å²) in [6.45, 7) is 13.3. The minimum atomic E-state index is 0.133. The number of hydrogen-bond donors (Lipinski definition) is 1. The first-order valence-corrected chi connectivity index (χ1v) is 7.82. The highest BCUT2D eigenvalue weighted by Crippen LogP contribution is 2.28. The average molecular weight is 275 g/mol. The molecule has 2 unspecified atom stereocenters. The fraction of sp³-hybridized carbons (Fsp3) is 0.706. The number of piperidine rings is 1. The Balaban J connectivity index is 2.18. The maximum atomic E-state index is 4.67. The first-order chi connectivity index (χ1) is 9.37. The van der Waals surface area contributed by atoms with Gasteiger partial charge in [0.05, 0.1) is 0 Å². The van der Waals surface area contributed by atoms with Crippen molar-refractivity contribution < 1.29 is 0 Å². The highest BCUT2D eigenvalue weighted by Gasteiger charge is 2.25. The SMILES string of the molecule is CC1CCC(C)N(c2ncccc2CNC(C)(C)C)C1. The molecule has 2 rings (SSSR count). The standard InChI is InChI=1S/C17H29N3/c1-13-8-9-14(2)20(12-13)16-15(7-6-10-18-16)11-19-17(3,4)5/h6-7,10,13-14,19H,8-9,11-12H2,1-5H3. The molecule has 1 aromatic rings. The second-order valence-corrected chi connectivity index (χ2v) is 7.27. The molecular weight excluding hydrogens is 246 g/mol. The lowest BCUT2D eigenvalue weighted by Crippen LogP contribution is -2.43. The zero-order valence-corrected chi connectivity index (χ0v) is 13.6. The molecule has 3 heteroatoms. The van der Waals surface area contributed by atoms with E-state index in [1.165, 1.54) is 24.2 Å². The van der Waals surface area contributed by atoms with Crippen molar-refractivity contribution in [3.8, 4) is 0 Å². The molecule has 0 spiro atoms. The molecule has 112 valence electrons. The summed E-state index contributed by atoms with van der Waals surface area (Å²) in [4.78, 5) is 7.17. The number of aromatic nitrogens is 1. The van der Waals surface area contributed by atoms with Gasteiger partial charge in [-0.05, 0) is 52.5 Å². The van der Waals surface area contributed by atoms with E-state index in [0.29, 0.717) is 6.04 Å². The first-order valence-electron chi connectivity index (χ1n) is 7.82. The van der Waals surface area contributed by atoms with Crippen molar-refractivity contribution in [3.05, 3.63) is 23.9 Å². The summed E-state index contributed by atoms with van der Waals surface area (Å²) in [6, 6.07) is 4.84. The molecule has 0 bridgehead atoms. The van der Waals surface area contributed by atoms with Gasteiger partial charge in [0.1, 0.15) is 5.82 Å².